The molecule has 0 spiro atoms. The third kappa shape index (κ3) is 5.51. The first kappa shape index (κ1) is 15.2. The summed E-state index contributed by atoms with van der Waals surface area (Å²) in [5.74, 6) is 0. The van der Waals surface area contributed by atoms with Gasteiger partial charge in [-0.2, -0.15) is 0 Å². The van der Waals surface area contributed by atoms with E-state index in [0.29, 0.717) is 6.04 Å². The van der Waals surface area contributed by atoms with E-state index in [4.69, 9.17) is 0 Å². The number of likely N-dealkylation sites (N-methyl/N-ethyl adjacent to an activating group) is 1. The zero-order valence-electron chi connectivity index (χ0n) is 11.0. The minimum absolute atomic E-state index is 0.625. The van der Waals surface area contributed by atoms with Gasteiger partial charge in [-0.15, -0.1) is 11.3 Å². The van der Waals surface area contributed by atoms with Crippen LogP contribution in [0.1, 0.15) is 32.3 Å². The van der Waals surface area contributed by atoms with Crippen molar-refractivity contribution in [3.05, 3.63) is 20.8 Å². The van der Waals surface area contributed by atoms with Crippen molar-refractivity contribution in [2.45, 2.75) is 39.3 Å². The molecule has 0 fully saturated rings. The van der Waals surface area contributed by atoms with Crippen molar-refractivity contribution < 1.29 is 0 Å². The van der Waals surface area contributed by atoms with Gasteiger partial charge in [0, 0.05) is 19.1 Å². The van der Waals surface area contributed by atoms with E-state index in [-0.39, 0.29) is 0 Å². The molecule has 0 saturated heterocycles. The fourth-order valence-electron chi connectivity index (χ4n) is 1.90. The summed E-state index contributed by atoms with van der Waals surface area (Å²) in [5.41, 5.74) is 1.40. The van der Waals surface area contributed by atoms with Crippen molar-refractivity contribution in [3.8, 4) is 0 Å². The number of nitrogens with zero attached hydrogens (tertiary/aromatic N) is 1. The Morgan fingerprint density at radius 2 is 2.24 bits per heavy atom. The highest BCUT2D eigenvalue weighted by Crippen LogP contribution is 2.22. The molecular weight excluding hydrogens is 296 g/mol. The Hall–Kier alpha value is 0.100. The van der Waals surface area contributed by atoms with Gasteiger partial charge in [-0.25, -0.2) is 0 Å². The van der Waals surface area contributed by atoms with Crippen molar-refractivity contribution >= 4 is 27.3 Å². The van der Waals surface area contributed by atoms with Crippen LogP contribution >= 0.6 is 27.3 Å². The van der Waals surface area contributed by atoms with Crippen molar-refractivity contribution in [2.24, 2.45) is 0 Å². The predicted molar refractivity (Wildman–Crippen MR) is 80.7 cm³/mol. The van der Waals surface area contributed by atoms with Crippen LogP contribution in [-0.2, 0) is 6.54 Å². The van der Waals surface area contributed by atoms with Crippen molar-refractivity contribution in [3.63, 3.8) is 0 Å². The van der Waals surface area contributed by atoms with Gasteiger partial charge in [0.2, 0.25) is 0 Å². The molecule has 2 nitrogen and oxygen atoms in total. The summed E-state index contributed by atoms with van der Waals surface area (Å²) in [7, 11) is 2.22. The quantitative estimate of drug-likeness (QED) is 0.735. The molecule has 1 rings (SSSR count). The van der Waals surface area contributed by atoms with Gasteiger partial charge in [0.15, 0.2) is 0 Å². The Morgan fingerprint density at radius 3 is 2.76 bits per heavy atom. The molecule has 98 valence electrons. The maximum atomic E-state index is 3.52. The Bertz CT molecular complexity index is 314. The van der Waals surface area contributed by atoms with E-state index in [1.807, 2.05) is 0 Å². The molecule has 1 heterocycles. The Balaban J connectivity index is 2.40. The second kappa shape index (κ2) is 8.25. The lowest BCUT2D eigenvalue weighted by molar-refractivity contribution is 0.222. The Morgan fingerprint density at radius 1 is 1.47 bits per heavy atom. The van der Waals surface area contributed by atoms with Gasteiger partial charge >= 0.3 is 0 Å². The second-order valence-electron chi connectivity index (χ2n) is 4.44. The van der Waals surface area contributed by atoms with E-state index in [2.05, 4.69) is 58.5 Å². The fraction of sp³-hybridized carbons (Fsp3) is 0.692. The van der Waals surface area contributed by atoms with E-state index >= 15 is 0 Å². The van der Waals surface area contributed by atoms with E-state index < -0.39 is 0 Å². The van der Waals surface area contributed by atoms with Gasteiger partial charge in [0.1, 0.15) is 0 Å². The first-order valence-corrected chi connectivity index (χ1v) is 7.98. The third-order valence-corrected chi connectivity index (χ3v) is 4.51. The molecule has 17 heavy (non-hydrogen) atoms. The summed E-state index contributed by atoms with van der Waals surface area (Å²) >= 11 is 5.28. The second-order valence-corrected chi connectivity index (χ2v) is 6.73. The number of thiophene rings is 1. The number of rotatable bonds is 8. The lowest BCUT2D eigenvalue weighted by atomic mass is 10.2. The van der Waals surface area contributed by atoms with Crippen LogP contribution in [0.2, 0.25) is 0 Å². The maximum absolute atomic E-state index is 3.52. The van der Waals surface area contributed by atoms with Gasteiger partial charge in [0.05, 0.1) is 3.79 Å². The summed E-state index contributed by atoms with van der Waals surface area (Å²) in [6.07, 6.45) is 2.40. The first-order chi connectivity index (χ1) is 8.17. The van der Waals surface area contributed by atoms with Crippen LogP contribution in [0.5, 0.6) is 0 Å². The zero-order valence-corrected chi connectivity index (χ0v) is 13.4. The predicted octanol–water partition coefficient (Wildman–Crippen LogP) is 3.72. The molecule has 1 atom stereocenters. The third-order valence-electron chi connectivity index (χ3n) is 2.96. The number of hydrogen-bond acceptors (Lipinski definition) is 3. The lowest BCUT2D eigenvalue weighted by Crippen LogP contribution is -2.39. The highest BCUT2D eigenvalue weighted by molar-refractivity contribution is 9.11. The van der Waals surface area contributed by atoms with Crippen LogP contribution in [0.3, 0.4) is 0 Å². The summed E-state index contributed by atoms with van der Waals surface area (Å²) < 4.78 is 1.22. The molecule has 0 bridgehead atoms. The highest BCUT2D eigenvalue weighted by Gasteiger charge is 2.12. The standard InChI is InChI=1S/C13H23BrN2S/c1-4-6-15-8-12(5-2)16(3)9-11-7-13(14)17-10-11/h7,10,12,15H,4-6,8-9H2,1-3H3. The largest absolute Gasteiger partial charge is 0.315 e. The van der Waals surface area contributed by atoms with Crippen LogP contribution in [-0.4, -0.2) is 31.1 Å². The minimum Gasteiger partial charge on any atom is -0.315 e. The van der Waals surface area contributed by atoms with Gasteiger partial charge in [-0.05, 0) is 59.4 Å². The maximum Gasteiger partial charge on any atom is 0.0701 e. The van der Waals surface area contributed by atoms with Gasteiger partial charge < -0.3 is 5.32 Å². The van der Waals surface area contributed by atoms with E-state index in [9.17, 15) is 0 Å². The normalized spacial score (nSPS) is 13.2. The van der Waals surface area contributed by atoms with Crippen LogP contribution in [0, 0.1) is 0 Å². The molecule has 1 aromatic rings. The summed E-state index contributed by atoms with van der Waals surface area (Å²) in [6, 6.07) is 2.84. The molecule has 0 radical (unpaired) electrons. The smallest absolute Gasteiger partial charge is 0.0701 e. The number of hydrogen-bond donors (Lipinski definition) is 1. The first-order valence-electron chi connectivity index (χ1n) is 6.31. The van der Waals surface area contributed by atoms with Crippen LogP contribution in [0.4, 0.5) is 0 Å². The molecule has 0 aliphatic carbocycles. The van der Waals surface area contributed by atoms with Gasteiger partial charge in [0.25, 0.3) is 0 Å². The molecule has 1 aromatic heterocycles. The monoisotopic (exact) mass is 318 g/mol. The van der Waals surface area contributed by atoms with Gasteiger partial charge in [-0.1, -0.05) is 13.8 Å². The fourth-order valence-corrected chi connectivity index (χ4v) is 3.10. The summed E-state index contributed by atoms with van der Waals surface area (Å²) in [4.78, 5) is 2.44. The van der Waals surface area contributed by atoms with E-state index in [0.717, 1.165) is 19.6 Å². The summed E-state index contributed by atoms with van der Waals surface area (Å²) in [6.45, 7) is 7.72. The molecule has 4 heteroatoms. The molecule has 0 aromatic carbocycles. The van der Waals surface area contributed by atoms with E-state index in [1.165, 1.54) is 22.2 Å². The average molecular weight is 319 g/mol. The lowest BCUT2D eigenvalue weighted by Gasteiger charge is -2.27. The van der Waals surface area contributed by atoms with Crippen LogP contribution in [0.15, 0.2) is 15.2 Å². The molecule has 1 unspecified atom stereocenters. The number of nitrogens with one attached hydrogen (secondary N) is 1. The molecule has 0 aliphatic heterocycles. The molecular formula is C13H23BrN2S. The average Bonchev–Trinajstić information content (AvgIpc) is 2.70. The van der Waals surface area contributed by atoms with E-state index in [1.54, 1.807) is 11.3 Å². The van der Waals surface area contributed by atoms with Crippen molar-refractivity contribution in [2.75, 3.05) is 20.1 Å². The zero-order chi connectivity index (χ0) is 12.7. The molecule has 0 aliphatic rings. The SMILES string of the molecule is CCCNCC(CC)N(C)Cc1csc(Br)c1. The highest BCUT2D eigenvalue weighted by atomic mass is 79.9. The van der Waals surface area contributed by atoms with Gasteiger partial charge in [-0.3, -0.25) is 4.90 Å². The molecule has 0 saturated carbocycles. The van der Waals surface area contributed by atoms with Crippen LogP contribution in [0.25, 0.3) is 0 Å². The Kier molecular flexibility index (Phi) is 7.35. The summed E-state index contributed by atoms with van der Waals surface area (Å²) in [5, 5.41) is 5.74. The topological polar surface area (TPSA) is 15.3 Å². The molecule has 1 N–H and O–H groups in total. The molecule has 0 amide bonds. The minimum atomic E-state index is 0.625. The van der Waals surface area contributed by atoms with Crippen LogP contribution < -0.4 is 5.32 Å². The van der Waals surface area contributed by atoms with Crippen molar-refractivity contribution in [1.82, 2.24) is 10.2 Å². The van der Waals surface area contributed by atoms with Crippen molar-refractivity contribution in [1.29, 1.82) is 0 Å². The Labute approximate surface area is 118 Å². The number of halogens is 1.